The van der Waals surface area contributed by atoms with E-state index in [2.05, 4.69) is 15.6 Å². The van der Waals surface area contributed by atoms with Crippen LogP contribution in [0.4, 0.5) is 4.79 Å². The summed E-state index contributed by atoms with van der Waals surface area (Å²) >= 11 is 7.35. The molecule has 8 heteroatoms. The standard InChI is InChI=1S/C18H17ClN4O2S/c1-20-17(25)22-16(24)11-26-18-21-14-9-13(19)7-8-15(14)23(18)10-12-5-3-2-4-6-12/h2-9H,10-11H2,1H3,(H2,20,22,24,25). The molecular formula is C18H17ClN4O2S. The SMILES string of the molecule is CNC(=O)NC(=O)CSc1nc2cc(Cl)ccc2n1Cc1ccccc1. The molecule has 3 rings (SSSR count). The molecule has 2 N–H and O–H groups in total. The van der Waals surface area contributed by atoms with Crippen LogP contribution in [0, 0.1) is 0 Å². The molecule has 0 spiro atoms. The van der Waals surface area contributed by atoms with Gasteiger partial charge in [-0.2, -0.15) is 0 Å². The third-order valence-electron chi connectivity index (χ3n) is 3.67. The highest BCUT2D eigenvalue weighted by Gasteiger charge is 2.14. The molecule has 3 aromatic rings. The predicted octanol–water partition coefficient (Wildman–Crippen LogP) is 3.29. The number of nitrogens with zero attached hydrogens (tertiary/aromatic N) is 2. The molecule has 0 unspecified atom stereocenters. The molecule has 0 saturated carbocycles. The largest absolute Gasteiger partial charge is 0.341 e. The lowest BCUT2D eigenvalue weighted by atomic mass is 10.2. The normalized spacial score (nSPS) is 10.7. The van der Waals surface area contributed by atoms with E-state index in [1.165, 1.54) is 18.8 Å². The zero-order valence-corrected chi connectivity index (χ0v) is 15.6. The van der Waals surface area contributed by atoms with Crippen LogP contribution in [0.2, 0.25) is 5.02 Å². The molecule has 134 valence electrons. The Hall–Kier alpha value is -2.51. The Kier molecular flexibility index (Phi) is 5.80. The van der Waals surface area contributed by atoms with Crippen molar-refractivity contribution in [2.24, 2.45) is 0 Å². The zero-order chi connectivity index (χ0) is 18.5. The number of rotatable bonds is 5. The van der Waals surface area contributed by atoms with Crippen molar-refractivity contribution in [2.75, 3.05) is 12.8 Å². The Morgan fingerprint density at radius 1 is 1.19 bits per heavy atom. The molecule has 0 bridgehead atoms. The first-order valence-corrected chi connectivity index (χ1v) is 9.27. The van der Waals surface area contributed by atoms with Crippen molar-refractivity contribution < 1.29 is 9.59 Å². The van der Waals surface area contributed by atoms with Gasteiger partial charge in [0.15, 0.2) is 5.16 Å². The predicted molar refractivity (Wildman–Crippen MR) is 104 cm³/mol. The fraction of sp³-hybridized carbons (Fsp3) is 0.167. The summed E-state index contributed by atoms with van der Waals surface area (Å²) in [5, 5.41) is 5.89. The number of urea groups is 1. The topological polar surface area (TPSA) is 76.0 Å². The monoisotopic (exact) mass is 388 g/mol. The van der Waals surface area contributed by atoms with Crippen LogP contribution in [0.5, 0.6) is 0 Å². The summed E-state index contributed by atoms with van der Waals surface area (Å²) < 4.78 is 2.04. The van der Waals surface area contributed by atoms with Gasteiger partial charge >= 0.3 is 6.03 Å². The van der Waals surface area contributed by atoms with Gasteiger partial charge in [-0.1, -0.05) is 53.7 Å². The molecule has 0 aliphatic rings. The number of thioether (sulfide) groups is 1. The number of aromatic nitrogens is 2. The first kappa shape index (κ1) is 18.3. The summed E-state index contributed by atoms with van der Waals surface area (Å²) in [4.78, 5) is 27.7. The minimum atomic E-state index is -0.528. The second kappa shape index (κ2) is 8.25. The van der Waals surface area contributed by atoms with Gasteiger partial charge in [0, 0.05) is 12.1 Å². The lowest BCUT2D eigenvalue weighted by Gasteiger charge is -2.09. The number of amides is 3. The molecule has 6 nitrogen and oxygen atoms in total. The number of fused-ring (bicyclic) bond motifs is 1. The molecule has 2 aromatic carbocycles. The summed E-state index contributed by atoms with van der Waals surface area (Å²) in [6.07, 6.45) is 0. The maximum Gasteiger partial charge on any atom is 0.321 e. The minimum Gasteiger partial charge on any atom is -0.341 e. The summed E-state index contributed by atoms with van der Waals surface area (Å²) in [6, 6.07) is 15.0. The summed E-state index contributed by atoms with van der Waals surface area (Å²) in [5.74, 6) is -0.301. The van der Waals surface area contributed by atoms with E-state index < -0.39 is 6.03 Å². The van der Waals surface area contributed by atoms with Gasteiger partial charge in [0.2, 0.25) is 5.91 Å². The summed E-state index contributed by atoms with van der Waals surface area (Å²) in [6.45, 7) is 0.623. The maximum atomic E-state index is 11.9. The van der Waals surface area contributed by atoms with Crippen molar-refractivity contribution in [1.82, 2.24) is 20.2 Å². The van der Waals surface area contributed by atoms with Crippen molar-refractivity contribution in [3.63, 3.8) is 0 Å². The van der Waals surface area contributed by atoms with Crippen LogP contribution < -0.4 is 10.6 Å². The van der Waals surface area contributed by atoms with E-state index in [1.807, 2.05) is 47.0 Å². The van der Waals surface area contributed by atoms with Crippen molar-refractivity contribution in [1.29, 1.82) is 0 Å². The Balaban J connectivity index is 1.87. The van der Waals surface area contributed by atoms with Gasteiger partial charge in [-0.3, -0.25) is 10.1 Å². The Labute approximate surface area is 159 Å². The van der Waals surface area contributed by atoms with Crippen LogP contribution in [0.25, 0.3) is 11.0 Å². The number of halogens is 1. The van der Waals surface area contributed by atoms with E-state index in [0.717, 1.165) is 16.6 Å². The van der Waals surface area contributed by atoms with Crippen LogP contribution in [-0.4, -0.2) is 34.3 Å². The Bertz CT molecular complexity index is 943. The van der Waals surface area contributed by atoms with Crippen LogP contribution in [0.3, 0.4) is 0 Å². The quantitative estimate of drug-likeness (QED) is 0.657. The number of hydrogen-bond donors (Lipinski definition) is 2. The number of imidazole rings is 1. The first-order chi connectivity index (χ1) is 12.6. The molecule has 0 atom stereocenters. The van der Waals surface area contributed by atoms with Gasteiger partial charge in [-0.05, 0) is 23.8 Å². The zero-order valence-electron chi connectivity index (χ0n) is 14.0. The summed E-state index contributed by atoms with van der Waals surface area (Å²) in [5.41, 5.74) is 2.83. The van der Waals surface area contributed by atoms with Crippen LogP contribution in [0.1, 0.15) is 5.56 Å². The highest BCUT2D eigenvalue weighted by atomic mass is 35.5. The number of carbonyl (C=O) groups is 2. The van der Waals surface area contributed by atoms with Crippen LogP contribution in [0.15, 0.2) is 53.7 Å². The molecule has 1 heterocycles. The number of imide groups is 1. The average Bonchev–Trinajstić information content (AvgIpc) is 2.97. The maximum absolute atomic E-state index is 11.9. The minimum absolute atomic E-state index is 0.0826. The molecule has 0 fully saturated rings. The van der Waals surface area contributed by atoms with E-state index in [-0.39, 0.29) is 11.7 Å². The highest BCUT2D eigenvalue weighted by molar-refractivity contribution is 7.99. The van der Waals surface area contributed by atoms with Gasteiger partial charge in [-0.15, -0.1) is 0 Å². The van der Waals surface area contributed by atoms with Crippen molar-refractivity contribution in [2.45, 2.75) is 11.7 Å². The van der Waals surface area contributed by atoms with Crippen molar-refractivity contribution in [3.8, 4) is 0 Å². The second-order valence-electron chi connectivity index (χ2n) is 5.52. The van der Waals surface area contributed by atoms with Gasteiger partial charge in [0.25, 0.3) is 0 Å². The molecule has 0 radical (unpaired) electrons. The Morgan fingerprint density at radius 3 is 2.69 bits per heavy atom. The van der Waals surface area contributed by atoms with Gasteiger partial charge in [0.1, 0.15) is 0 Å². The average molecular weight is 389 g/mol. The number of hydrogen-bond acceptors (Lipinski definition) is 4. The van der Waals surface area contributed by atoms with E-state index in [1.54, 1.807) is 6.07 Å². The lowest BCUT2D eigenvalue weighted by Crippen LogP contribution is -2.38. The van der Waals surface area contributed by atoms with Gasteiger partial charge < -0.3 is 9.88 Å². The highest BCUT2D eigenvalue weighted by Crippen LogP contribution is 2.27. The smallest absolute Gasteiger partial charge is 0.321 e. The third kappa shape index (κ3) is 4.36. The molecule has 0 saturated heterocycles. The molecule has 1 aromatic heterocycles. The number of benzene rings is 2. The van der Waals surface area contributed by atoms with Crippen LogP contribution in [-0.2, 0) is 11.3 Å². The second-order valence-corrected chi connectivity index (χ2v) is 6.89. The lowest BCUT2D eigenvalue weighted by molar-refractivity contribution is -0.117. The summed E-state index contributed by atoms with van der Waals surface area (Å²) in [7, 11) is 1.46. The van der Waals surface area contributed by atoms with E-state index in [0.29, 0.717) is 16.7 Å². The van der Waals surface area contributed by atoms with E-state index in [9.17, 15) is 9.59 Å². The van der Waals surface area contributed by atoms with E-state index >= 15 is 0 Å². The van der Waals surface area contributed by atoms with Gasteiger partial charge in [0.05, 0.1) is 23.3 Å². The van der Waals surface area contributed by atoms with E-state index in [4.69, 9.17) is 11.6 Å². The Morgan fingerprint density at radius 2 is 1.96 bits per heavy atom. The number of carbonyl (C=O) groups excluding carboxylic acids is 2. The molecule has 26 heavy (non-hydrogen) atoms. The first-order valence-electron chi connectivity index (χ1n) is 7.91. The fourth-order valence-corrected chi connectivity index (χ4v) is 3.45. The van der Waals surface area contributed by atoms with Crippen LogP contribution >= 0.6 is 23.4 Å². The molecule has 0 aliphatic heterocycles. The van der Waals surface area contributed by atoms with Crippen molar-refractivity contribution in [3.05, 3.63) is 59.1 Å². The number of nitrogens with one attached hydrogen (secondary N) is 2. The van der Waals surface area contributed by atoms with Crippen molar-refractivity contribution >= 4 is 46.3 Å². The molecular weight excluding hydrogens is 372 g/mol. The molecule has 0 aliphatic carbocycles. The fourth-order valence-electron chi connectivity index (χ4n) is 2.47. The third-order valence-corrected chi connectivity index (χ3v) is 4.88. The molecule has 3 amide bonds. The van der Waals surface area contributed by atoms with Gasteiger partial charge in [-0.25, -0.2) is 9.78 Å².